The predicted molar refractivity (Wildman–Crippen MR) is 102 cm³/mol. The number of fused-ring (bicyclic) bond motifs is 2. The maximum Gasteiger partial charge on any atom is 0.174 e. The average molecular weight is 394 g/mol. The van der Waals surface area contributed by atoms with E-state index in [2.05, 4.69) is 35.9 Å². The fraction of sp³-hybridized carbons (Fsp3) is 0.368. The van der Waals surface area contributed by atoms with Crippen molar-refractivity contribution in [2.45, 2.75) is 44.4 Å². The molecule has 2 bridgehead atoms. The summed E-state index contributed by atoms with van der Waals surface area (Å²) in [4.78, 5) is 5.62. The number of hydrogen-bond acceptors (Lipinski definition) is 8. The quantitative estimate of drug-likeness (QED) is 0.691. The van der Waals surface area contributed by atoms with E-state index in [9.17, 15) is 9.50 Å². The van der Waals surface area contributed by atoms with Crippen molar-refractivity contribution < 1.29 is 9.50 Å². The summed E-state index contributed by atoms with van der Waals surface area (Å²) in [6, 6.07) is 5.18. The number of aromatic nitrogens is 7. The molecule has 0 unspecified atom stereocenters. The number of tetrazole rings is 1. The highest BCUT2D eigenvalue weighted by Gasteiger charge is 2.38. The molecule has 3 atom stereocenters. The first-order valence-corrected chi connectivity index (χ1v) is 9.47. The standard InChI is InChI=1S/C19H19FN8O/c1-10-23-27-28(26-10)13-3-4-14(17(29)8-13)16-9-21-18(25-24-16)7-11-6-12-2-5-15(22-12)19(11)20/h3-4,7-9,12,15,19,22,29H,2,5-6H2,1H3/b11-7+/t12-,15+,19+/m1/s1. The van der Waals surface area contributed by atoms with Crippen LogP contribution < -0.4 is 5.32 Å². The zero-order valence-electron chi connectivity index (χ0n) is 15.7. The molecule has 10 heteroatoms. The Bertz CT molecular complexity index is 1080. The van der Waals surface area contributed by atoms with Crippen molar-refractivity contribution >= 4 is 6.08 Å². The average Bonchev–Trinajstić information content (AvgIpc) is 3.33. The Morgan fingerprint density at radius 1 is 1.24 bits per heavy atom. The van der Waals surface area contributed by atoms with Gasteiger partial charge in [0.25, 0.3) is 0 Å². The van der Waals surface area contributed by atoms with Crippen LogP contribution in [0.4, 0.5) is 4.39 Å². The first kappa shape index (κ1) is 17.8. The number of benzene rings is 1. The van der Waals surface area contributed by atoms with E-state index >= 15 is 0 Å². The molecule has 0 saturated carbocycles. The van der Waals surface area contributed by atoms with Gasteiger partial charge in [0.05, 0.1) is 11.9 Å². The highest BCUT2D eigenvalue weighted by molar-refractivity contribution is 5.68. The van der Waals surface area contributed by atoms with Gasteiger partial charge in [-0.1, -0.05) is 0 Å². The van der Waals surface area contributed by atoms with Crippen LogP contribution in [0.15, 0.2) is 30.0 Å². The zero-order valence-corrected chi connectivity index (χ0v) is 15.7. The monoisotopic (exact) mass is 394 g/mol. The highest BCUT2D eigenvalue weighted by Crippen LogP contribution is 2.34. The summed E-state index contributed by atoms with van der Waals surface area (Å²) in [6.45, 7) is 1.73. The van der Waals surface area contributed by atoms with Gasteiger partial charge >= 0.3 is 0 Å². The van der Waals surface area contributed by atoms with Gasteiger partial charge in [-0.3, -0.25) is 0 Å². The van der Waals surface area contributed by atoms with Crippen LogP contribution in [0.1, 0.15) is 30.9 Å². The lowest BCUT2D eigenvalue weighted by atomic mass is 9.96. The van der Waals surface area contributed by atoms with Crippen LogP contribution in [0.3, 0.4) is 0 Å². The van der Waals surface area contributed by atoms with Crippen LogP contribution in [0, 0.1) is 6.92 Å². The summed E-state index contributed by atoms with van der Waals surface area (Å²) >= 11 is 0. The summed E-state index contributed by atoms with van der Waals surface area (Å²) in [5.41, 5.74) is 2.19. The van der Waals surface area contributed by atoms with Crippen LogP contribution in [-0.2, 0) is 0 Å². The van der Waals surface area contributed by atoms with E-state index in [0.717, 1.165) is 12.8 Å². The van der Waals surface area contributed by atoms with E-state index in [1.165, 1.54) is 17.1 Å². The van der Waals surface area contributed by atoms with Gasteiger partial charge in [0.1, 0.15) is 17.6 Å². The van der Waals surface area contributed by atoms with Crippen LogP contribution in [0.25, 0.3) is 23.0 Å². The minimum absolute atomic E-state index is 0.00147. The fourth-order valence-corrected chi connectivity index (χ4v) is 3.93. The maximum absolute atomic E-state index is 14.5. The molecule has 4 heterocycles. The molecule has 0 amide bonds. The molecular weight excluding hydrogens is 375 g/mol. The van der Waals surface area contributed by atoms with E-state index < -0.39 is 6.17 Å². The van der Waals surface area contributed by atoms with Crippen molar-refractivity contribution in [1.29, 1.82) is 0 Å². The third kappa shape index (κ3) is 3.35. The molecule has 2 fully saturated rings. The second-order valence-corrected chi connectivity index (χ2v) is 7.40. The van der Waals surface area contributed by atoms with E-state index in [-0.39, 0.29) is 11.8 Å². The number of phenolic OH excluding ortho intramolecular Hbond substituents is 1. The molecule has 2 aliphatic heterocycles. The molecule has 2 N–H and O–H groups in total. The number of aromatic hydroxyl groups is 1. The molecule has 2 aromatic heterocycles. The molecule has 5 rings (SSSR count). The molecule has 2 aliphatic rings. The van der Waals surface area contributed by atoms with Crippen molar-refractivity contribution in [3.63, 3.8) is 0 Å². The van der Waals surface area contributed by atoms with E-state index in [4.69, 9.17) is 0 Å². The second-order valence-electron chi connectivity index (χ2n) is 7.40. The highest BCUT2D eigenvalue weighted by atomic mass is 19.1. The van der Waals surface area contributed by atoms with Gasteiger partial charge in [0.15, 0.2) is 11.6 Å². The lowest BCUT2D eigenvalue weighted by molar-refractivity contribution is 0.270. The third-order valence-electron chi connectivity index (χ3n) is 5.36. The van der Waals surface area contributed by atoms with Crippen molar-refractivity contribution in [3.05, 3.63) is 41.6 Å². The van der Waals surface area contributed by atoms with Gasteiger partial charge in [-0.15, -0.1) is 25.2 Å². The van der Waals surface area contributed by atoms with Crippen molar-refractivity contribution in [1.82, 2.24) is 40.7 Å². The number of rotatable bonds is 3. The van der Waals surface area contributed by atoms with Crippen LogP contribution in [0.5, 0.6) is 5.75 Å². The summed E-state index contributed by atoms with van der Waals surface area (Å²) in [7, 11) is 0. The van der Waals surface area contributed by atoms with Crippen LogP contribution in [0.2, 0.25) is 0 Å². The van der Waals surface area contributed by atoms with Gasteiger partial charge in [-0.25, -0.2) is 9.37 Å². The Labute approximate surface area is 165 Å². The Kier molecular flexibility index (Phi) is 4.27. The van der Waals surface area contributed by atoms with Crippen LogP contribution in [-0.4, -0.2) is 58.8 Å². The van der Waals surface area contributed by atoms with Gasteiger partial charge < -0.3 is 10.4 Å². The normalized spacial score (nSPS) is 24.9. The number of nitrogens with zero attached hydrogens (tertiary/aromatic N) is 7. The molecule has 148 valence electrons. The number of hydrogen-bond donors (Lipinski definition) is 2. The summed E-state index contributed by atoms with van der Waals surface area (Å²) in [5.74, 6) is 0.898. The number of aryl methyl sites for hydroxylation is 1. The number of nitrogens with one attached hydrogen (secondary N) is 1. The van der Waals surface area contributed by atoms with Crippen molar-refractivity contribution in [2.75, 3.05) is 0 Å². The molecule has 29 heavy (non-hydrogen) atoms. The molecule has 3 aromatic rings. The number of alkyl halides is 1. The first-order valence-electron chi connectivity index (χ1n) is 9.47. The molecule has 2 saturated heterocycles. The summed E-state index contributed by atoms with van der Waals surface area (Å²) < 4.78 is 14.5. The number of phenols is 1. The van der Waals surface area contributed by atoms with Gasteiger partial charge in [0, 0.05) is 23.7 Å². The Morgan fingerprint density at radius 3 is 2.86 bits per heavy atom. The Hall–Kier alpha value is -3.27. The predicted octanol–water partition coefficient (Wildman–Crippen LogP) is 1.77. The molecule has 9 nitrogen and oxygen atoms in total. The topological polar surface area (TPSA) is 115 Å². The van der Waals surface area contributed by atoms with Crippen LogP contribution >= 0.6 is 0 Å². The van der Waals surface area contributed by atoms with Gasteiger partial charge in [-0.05, 0) is 55.2 Å². The van der Waals surface area contributed by atoms with Crippen molar-refractivity contribution in [3.8, 4) is 22.7 Å². The largest absolute Gasteiger partial charge is 0.507 e. The maximum atomic E-state index is 14.5. The number of piperidine rings is 1. The minimum atomic E-state index is -1.01. The number of halogens is 1. The Morgan fingerprint density at radius 2 is 2.14 bits per heavy atom. The zero-order chi connectivity index (χ0) is 20.0. The minimum Gasteiger partial charge on any atom is -0.507 e. The van der Waals surface area contributed by atoms with Crippen molar-refractivity contribution in [2.24, 2.45) is 0 Å². The second kappa shape index (κ2) is 6.96. The SMILES string of the molecule is Cc1nnn(-c2ccc(-c3cnc(/C=C4\C[C@H]5CC[C@H](N5)[C@H]4F)nn3)c(O)c2)n1. The molecular formula is C19H19FN8O. The van der Waals surface area contributed by atoms with Gasteiger partial charge in [0.2, 0.25) is 0 Å². The molecule has 1 aromatic carbocycles. The summed E-state index contributed by atoms with van der Waals surface area (Å²) in [6.07, 6.45) is 4.73. The van der Waals surface area contributed by atoms with E-state index in [0.29, 0.717) is 46.6 Å². The third-order valence-corrected chi connectivity index (χ3v) is 5.36. The molecule has 0 spiro atoms. The van der Waals surface area contributed by atoms with E-state index in [1.54, 1.807) is 25.1 Å². The molecule has 0 radical (unpaired) electrons. The van der Waals surface area contributed by atoms with E-state index in [1.807, 2.05) is 0 Å². The lowest BCUT2D eigenvalue weighted by Crippen LogP contribution is -2.42. The first-order chi connectivity index (χ1) is 14.1. The summed E-state index contributed by atoms with van der Waals surface area (Å²) in [5, 5.41) is 33.8. The smallest absolute Gasteiger partial charge is 0.174 e. The fourth-order valence-electron chi connectivity index (χ4n) is 3.93. The Balaban J connectivity index is 1.38. The van der Waals surface area contributed by atoms with Gasteiger partial charge in [-0.2, -0.15) is 0 Å². The molecule has 0 aliphatic carbocycles. The lowest BCUT2D eigenvalue weighted by Gasteiger charge is -2.27.